The van der Waals surface area contributed by atoms with Gasteiger partial charge in [-0.2, -0.15) is 0 Å². The molecule has 0 unspecified atom stereocenters. The zero-order valence-electron chi connectivity index (χ0n) is 11.4. The second-order valence-corrected chi connectivity index (χ2v) is 4.99. The van der Waals surface area contributed by atoms with Crippen LogP contribution >= 0.6 is 0 Å². The van der Waals surface area contributed by atoms with Crippen LogP contribution in [-0.2, 0) is 9.59 Å². The Bertz CT molecular complexity index is 554. The quantitative estimate of drug-likeness (QED) is 0.757. The van der Waals surface area contributed by atoms with Crippen LogP contribution in [0.25, 0.3) is 0 Å². The Morgan fingerprint density at radius 3 is 2.70 bits per heavy atom. The van der Waals surface area contributed by atoms with E-state index in [1.54, 1.807) is 24.3 Å². The highest BCUT2D eigenvalue weighted by Gasteiger charge is 2.29. The molecule has 0 fully saturated rings. The smallest absolute Gasteiger partial charge is 0.254 e. The van der Waals surface area contributed by atoms with Crippen molar-refractivity contribution in [3.05, 3.63) is 29.8 Å². The molecule has 0 spiro atoms. The van der Waals surface area contributed by atoms with Crippen LogP contribution in [0.3, 0.4) is 0 Å². The number of amides is 3. The van der Waals surface area contributed by atoms with Gasteiger partial charge in [0.25, 0.3) is 5.91 Å². The van der Waals surface area contributed by atoms with Crippen molar-refractivity contribution in [2.75, 3.05) is 5.32 Å². The van der Waals surface area contributed by atoms with Crippen LogP contribution in [0.1, 0.15) is 30.6 Å². The van der Waals surface area contributed by atoms with Crippen molar-refractivity contribution >= 4 is 23.4 Å². The molecule has 6 heteroatoms. The van der Waals surface area contributed by atoms with Gasteiger partial charge in [-0.15, -0.1) is 0 Å². The lowest BCUT2D eigenvalue weighted by Gasteiger charge is -2.15. The van der Waals surface area contributed by atoms with Gasteiger partial charge in [0, 0.05) is 6.04 Å². The Morgan fingerprint density at radius 2 is 2.00 bits per heavy atom. The van der Waals surface area contributed by atoms with Crippen LogP contribution in [0, 0.1) is 0 Å². The fraction of sp³-hybridized carbons (Fsp3) is 0.357. The highest BCUT2D eigenvalue weighted by Crippen LogP contribution is 2.18. The number of hydrogen-bond acceptors (Lipinski definition) is 3. The Kier molecular flexibility index (Phi) is 4.02. The summed E-state index contributed by atoms with van der Waals surface area (Å²) in [5.74, 6) is -1.02. The summed E-state index contributed by atoms with van der Waals surface area (Å²) in [4.78, 5) is 35.8. The average molecular weight is 275 g/mol. The molecule has 0 saturated carbocycles. The normalized spacial score (nSPS) is 17.9. The van der Waals surface area contributed by atoms with E-state index in [0.717, 1.165) is 0 Å². The first-order valence-corrected chi connectivity index (χ1v) is 6.47. The van der Waals surface area contributed by atoms with Crippen LogP contribution < -0.4 is 16.0 Å². The van der Waals surface area contributed by atoms with Crippen LogP contribution in [0.2, 0.25) is 0 Å². The predicted molar refractivity (Wildman–Crippen MR) is 74.2 cm³/mol. The van der Waals surface area contributed by atoms with Gasteiger partial charge in [0.05, 0.1) is 17.7 Å². The number of carbonyl (C=O) groups is 3. The lowest BCUT2D eigenvalue weighted by atomic mass is 10.1. The maximum Gasteiger partial charge on any atom is 0.254 e. The van der Waals surface area contributed by atoms with E-state index in [-0.39, 0.29) is 30.2 Å². The van der Waals surface area contributed by atoms with E-state index in [2.05, 4.69) is 16.0 Å². The maximum absolute atomic E-state index is 12.0. The van der Waals surface area contributed by atoms with Crippen molar-refractivity contribution in [2.24, 2.45) is 0 Å². The van der Waals surface area contributed by atoms with Crippen molar-refractivity contribution in [1.29, 1.82) is 0 Å². The molecule has 0 bridgehead atoms. The van der Waals surface area contributed by atoms with E-state index in [4.69, 9.17) is 0 Å². The summed E-state index contributed by atoms with van der Waals surface area (Å²) in [6, 6.07) is 5.86. The van der Waals surface area contributed by atoms with Crippen LogP contribution in [0.15, 0.2) is 24.3 Å². The van der Waals surface area contributed by atoms with E-state index in [1.165, 1.54) is 0 Å². The molecule has 0 aromatic heterocycles. The zero-order valence-corrected chi connectivity index (χ0v) is 11.4. The molecule has 0 aliphatic carbocycles. The third kappa shape index (κ3) is 3.14. The van der Waals surface area contributed by atoms with Gasteiger partial charge >= 0.3 is 0 Å². The number of benzene rings is 1. The Morgan fingerprint density at radius 1 is 1.30 bits per heavy atom. The molecular formula is C14H17N3O3. The largest absolute Gasteiger partial charge is 0.354 e. The van der Waals surface area contributed by atoms with E-state index >= 15 is 0 Å². The maximum atomic E-state index is 12.0. The summed E-state index contributed by atoms with van der Waals surface area (Å²) in [6.07, 6.45) is -0.0796. The monoisotopic (exact) mass is 275 g/mol. The van der Waals surface area contributed by atoms with Gasteiger partial charge in [0.2, 0.25) is 11.8 Å². The van der Waals surface area contributed by atoms with Crippen molar-refractivity contribution < 1.29 is 14.4 Å². The SMILES string of the molecule is CC(C)NC(=O)C[C@H]1NC(=O)c2ccccc2NC1=O. The summed E-state index contributed by atoms with van der Waals surface area (Å²) in [7, 11) is 0. The minimum atomic E-state index is -0.867. The van der Waals surface area contributed by atoms with Crippen molar-refractivity contribution in [2.45, 2.75) is 32.4 Å². The Hall–Kier alpha value is -2.37. The third-order valence-corrected chi connectivity index (χ3v) is 2.89. The molecular weight excluding hydrogens is 258 g/mol. The highest BCUT2D eigenvalue weighted by molar-refractivity contribution is 6.10. The molecule has 6 nitrogen and oxygen atoms in total. The van der Waals surface area contributed by atoms with Crippen LogP contribution in [0.5, 0.6) is 0 Å². The van der Waals surface area contributed by atoms with Gasteiger partial charge in [-0.25, -0.2) is 0 Å². The molecule has 1 heterocycles. The summed E-state index contributed by atoms with van der Waals surface area (Å²) in [6.45, 7) is 3.67. The summed E-state index contributed by atoms with van der Waals surface area (Å²) < 4.78 is 0. The minimum absolute atomic E-state index is 0.00996. The van der Waals surface area contributed by atoms with Gasteiger partial charge in [-0.05, 0) is 26.0 Å². The summed E-state index contributed by atoms with van der Waals surface area (Å²) in [5, 5.41) is 7.93. The average Bonchev–Trinajstić information content (AvgIpc) is 2.47. The van der Waals surface area contributed by atoms with Crippen LogP contribution in [-0.4, -0.2) is 29.8 Å². The first-order valence-electron chi connectivity index (χ1n) is 6.47. The predicted octanol–water partition coefficient (Wildman–Crippen LogP) is 0.652. The van der Waals surface area contributed by atoms with Crippen molar-refractivity contribution in [3.8, 4) is 0 Å². The third-order valence-electron chi connectivity index (χ3n) is 2.89. The standard InChI is InChI=1S/C14H17N3O3/c1-8(2)15-12(18)7-11-14(20)16-10-6-4-3-5-9(10)13(19)17-11/h3-6,8,11H,7H2,1-2H3,(H,15,18)(H,16,20)(H,17,19)/t11-/m1/s1. The summed E-state index contributed by atoms with van der Waals surface area (Å²) >= 11 is 0. The molecule has 3 amide bonds. The van der Waals surface area contributed by atoms with E-state index in [1.807, 2.05) is 13.8 Å². The Labute approximate surface area is 116 Å². The molecule has 0 radical (unpaired) electrons. The molecule has 1 aromatic rings. The molecule has 1 aromatic carbocycles. The van der Waals surface area contributed by atoms with Gasteiger partial charge in [0.1, 0.15) is 6.04 Å². The van der Waals surface area contributed by atoms with E-state index in [9.17, 15) is 14.4 Å². The summed E-state index contributed by atoms with van der Waals surface area (Å²) in [5.41, 5.74) is 0.856. The second kappa shape index (κ2) is 5.73. The molecule has 1 atom stereocenters. The zero-order chi connectivity index (χ0) is 14.7. The van der Waals surface area contributed by atoms with Crippen molar-refractivity contribution in [1.82, 2.24) is 10.6 Å². The molecule has 0 saturated heterocycles. The van der Waals surface area contributed by atoms with Crippen LogP contribution in [0.4, 0.5) is 5.69 Å². The highest BCUT2D eigenvalue weighted by atomic mass is 16.2. The van der Waals surface area contributed by atoms with Gasteiger partial charge in [-0.3, -0.25) is 14.4 Å². The van der Waals surface area contributed by atoms with E-state index in [0.29, 0.717) is 11.3 Å². The molecule has 1 aliphatic heterocycles. The molecule has 3 N–H and O–H groups in total. The number of nitrogens with one attached hydrogen (secondary N) is 3. The number of carbonyl (C=O) groups excluding carboxylic acids is 3. The fourth-order valence-corrected chi connectivity index (χ4v) is 2.02. The first-order chi connectivity index (χ1) is 9.47. The lowest BCUT2D eigenvalue weighted by Crippen LogP contribution is -2.45. The number of para-hydroxylation sites is 1. The lowest BCUT2D eigenvalue weighted by molar-refractivity contribution is -0.126. The molecule has 20 heavy (non-hydrogen) atoms. The molecule has 2 rings (SSSR count). The molecule has 106 valence electrons. The topological polar surface area (TPSA) is 87.3 Å². The number of fused-ring (bicyclic) bond motifs is 1. The Balaban J connectivity index is 2.13. The number of hydrogen-bond donors (Lipinski definition) is 3. The minimum Gasteiger partial charge on any atom is -0.354 e. The van der Waals surface area contributed by atoms with Gasteiger partial charge < -0.3 is 16.0 Å². The van der Waals surface area contributed by atoms with Gasteiger partial charge in [0.15, 0.2) is 0 Å². The van der Waals surface area contributed by atoms with Gasteiger partial charge in [-0.1, -0.05) is 12.1 Å². The van der Waals surface area contributed by atoms with E-state index < -0.39 is 6.04 Å². The van der Waals surface area contributed by atoms with Crippen molar-refractivity contribution in [3.63, 3.8) is 0 Å². The first kappa shape index (κ1) is 14.0. The number of rotatable bonds is 3. The fourth-order valence-electron chi connectivity index (χ4n) is 2.02. The second-order valence-electron chi connectivity index (χ2n) is 4.99. The molecule has 1 aliphatic rings. The number of anilines is 1.